The number of hydrogen-bond donors (Lipinski definition) is 2. The molecule has 2 N–H and O–H groups in total. The van der Waals surface area contributed by atoms with Crippen LogP contribution in [-0.4, -0.2) is 34.8 Å². The summed E-state index contributed by atoms with van der Waals surface area (Å²) in [4.78, 5) is 31.3. The fraction of sp³-hybridized carbons (Fsp3) is 0.333. The molecule has 1 fully saturated rings. The zero-order chi connectivity index (χ0) is 18.8. The topological polar surface area (TPSA) is 65.2 Å². The second kappa shape index (κ2) is 7.56. The number of nitrogens with one attached hydrogen (secondary N) is 2. The molecule has 1 aliphatic rings. The second-order valence-corrected chi connectivity index (χ2v) is 8.01. The summed E-state index contributed by atoms with van der Waals surface area (Å²) in [5.41, 5.74) is 2.97. The Hall–Kier alpha value is -2.60. The molecule has 4 rings (SSSR count). The molecule has 0 radical (unpaired) electrons. The average molecular weight is 382 g/mol. The first-order valence-corrected chi connectivity index (χ1v) is 10.2. The van der Waals surface area contributed by atoms with Crippen molar-refractivity contribution in [2.24, 2.45) is 5.92 Å². The van der Waals surface area contributed by atoms with Crippen molar-refractivity contribution in [2.45, 2.75) is 26.3 Å². The number of likely N-dealkylation sites (tertiary alicyclic amines) is 1. The Morgan fingerprint density at radius 1 is 1.22 bits per heavy atom. The van der Waals surface area contributed by atoms with Gasteiger partial charge in [0.25, 0.3) is 5.91 Å². The number of amides is 2. The van der Waals surface area contributed by atoms with E-state index >= 15 is 0 Å². The molecule has 0 atom stereocenters. The molecule has 1 aromatic carbocycles. The lowest BCUT2D eigenvalue weighted by molar-refractivity contribution is -0.126. The van der Waals surface area contributed by atoms with Crippen LogP contribution in [0.4, 0.5) is 0 Å². The number of hydrogen-bond acceptors (Lipinski definition) is 3. The Morgan fingerprint density at radius 2 is 2.00 bits per heavy atom. The van der Waals surface area contributed by atoms with Crippen LogP contribution < -0.4 is 5.32 Å². The van der Waals surface area contributed by atoms with Gasteiger partial charge >= 0.3 is 0 Å². The van der Waals surface area contributed by atoms with Crippen molar-refractivity contribution in [3.63, 3.8) is 0 Å². The van der Waals surface area contributed by atoms with Gasteiger partial charge in [0, 0.05) is 30.9 Å². The molecule has 2 aromatic heterocycles. The van der Waals surface area contributed by atoms with Crippen LogP contribution in [0, 0.1) is 12.8 Å². The van der Waals surface area contributed by atoms with Crippen LogP contribution in [0.15, 0.2) is 41.8 Å². The average Bonchev–Trinajstić information content (AvgIpc) is 3.29. The minimum absolute atomic E-state index is 0.0230. The predicted octanol–water partition coefficient (Wildman–Crippen LogP) is 3.71. The number of benzene rings is 1. The number of fused-ring (bicyclic) bond motifs is 1. The lowest BCUT2D eigenvalue weighted by atomic mass is 9.95. The van der Waals surface area contributed by atoms with Gasteiger partial charge in [-0.15, -0.1) is 11.3 Å². The van der Waals surface area contributed by atoms with Gasteiger partial charge in [0.2, 0.25) is 5.91 Å². The molecule has 3 aromatic rings. The largest absolute Gasteiger partial charge is 0.352 e. The Balaban J connectivity index is 1.30. The third kappa shape index (κ3) is 3.76. The number of nitrogens with zero attached hydrogens (tertiary/aromatic N) is 1. The van der Waals surface area contributed by atoms with Crippen molar-refractivity contribution in [1.82, 2.24) is 15.2 Å². The van der Waals surface area contributed by atoms with Crippen molar-refractivity contribution in [3.05, 3.63) is 58.6 Å². The Bertz CT molecular complexity index is 938. The number of thiophene rings is 1. The fourth-order valence-electron chi connectivity index (χ4n) is 3.61. The van der Waals surface area contributed by atoms with E-state index in [-0.39, 0.29) is 17.7 Å². The number of aromatic amines is 1. The maximum Gasteiger partial charge on any atom is 0.270 e. The van der Waals surface area contributed by atoms with Crippen LogP contribution in [0.25, 0.3) is 10.2 Å². The molecule has 0 saturated carbocycles. The van der Waals surface area contributed by atoms with E-state index in [2.05, 4.69) is 23.3 Å². The van der Waals surface area contributed by atoms with Crippen LogP contribution in [-0.2, 0) is 11.3 Å². The first-order valence-electron chi connectivity index (χ1n) is 9.29. The summed E-state index contributed by atoms with van der Waals surface area (Å²) < 4.78 is 0. The molecule has 5 nitrogen and oxygen atoms in total. The predicted molar refractivity (Wildman–Crippen MR) is 108 cm³/mol. The van der Waals surface area contributed by atoms with Crippen LogP contribution in [0.1, 0.15) is 34.5 Å². The molecule has 0 spiro atoms. The van der Waals surface area contributed by atoms with Gasteiger partial charge in [-0.05, 0) is 48.4 Å². The monoisotopic (exact) mass is 381 g/mol. The standard InChI is InChI=1S/C21H23N3O2S/c1-14-4-2-3-5-17(14)13-22-19(25)15-6-9-24(10-7-15)21(26)18-12-16-8-11-27-20(16)23-18/h2-5,8,11-12,15,23H,6-7,9-10,13H2,1H3,(H,22,25). The Morgan fingerprint density at radius 3 is 2.74 bits per heavy atom. The molecule has 0 aliphatic carbocycles. The summed E-state index contributed by atoms with van der Waals surface area (Å²) in [5, 5.41) is 6.14. The van der Waals surface area contributed by atoms with Gasteiger partial charge in [0.1, 0.15) is 10.5 Å². The van der Waals surface area contributed by atoms with E-state index in [0.29, 0.717) is 38.2 Å². The molecule has 140 valence electrons. The SMILES string of the molecule is Cc1ccccc1CNC(=O)C1CCN(C(=O)c2cc3ccsc3[nH]2)CC1. The maximum absolute atomic E-state index is 12.7. The minimum Gasteiger partial charge on any atom is -0.352 e. The summed E-state index contributed by atoms with van der Waals surface area (Å²) in [6, 6.07) is 12.0. The fourth-order valence-corrected chi connectivity index (χ4v) is 4.40. The van der Waals surface area contributed by atoms with Crippen LogP contribution in [0.5, 0.6) is 0 Å². The normalized spacial score (nSPS) is 15.2. The lowest BCUT2D eigenvalue weighted by Gasteiger charge is -2.31. The molecule has 0 unspecified atom stereocenters. The van der Waals surface area contributed by atoms with E-state index in [1.807, 2.05) is 40.6 Å². The first-order chi connectivity index (χ1) is 13.1. The quantitative estimate of drug-likeness (QED) is 0.724. The first kappa shape index (κ1) is 17.8. The minimum atomic E-state index is -0.0230. The molecule has 27 heavy (non-hydrogen) atoms. The van der Waals surface area contributed by atoms with Crippen molar-refractivity contribution in [2.75, 3.05) is 13.1 Å². The number of aromatic nitrogens is 1. The molecular weight excluding hydrogens is 358 g/mol. The molecule has 0 bridgehead atoms. The van der Waals surface area contributed by atoms with Crippen LogP contribution >= 0.6 is 11.3 Å². The van der Waals surface area contributed by atoms with Gasteiger partial charge in [-0.2, -0.15) is 0 Å². The van der Waals surface area contributed by atoms with Gasteiger partial charge < -0.3 is 15.2 Å². The summed E-state index contributed by atoms with van der Waals surface area (Å²) in [5.74, 6) is 0.0908. The van der Waals surface area contributed by atoms with Gasteiger partial charge in [0.05, 0.1) is 0 Å². The van der Waals surface area contributed by atoms with Crippen LogP contribution in [0.3, 0.4) is 0 Å². The second-order valence-electron chi connectivity index (χ2n) is 7.10. The van der Waals surface area contributed by atoms with Crippen molar-refractivity contribution < 1.29 is 9.59 Å². The van der Waals surface area contributed by atoms with E-state index in [9.17, 15) is 9.59 Å². The third-order valence-electron chi connectivity index (χ3n) is 5.34. The highest BCUT2D eigenvalue weighted by atomic mass is 32.1. The maximum atomic E-state index is 12.7. The highest BCUT2D eigenvalue weighted by molar-refractivity contribution is 7.16. The van der Waals surface area contributed by atoms with Crippen LogP contribution in [0.2, 0.25) is 0 Å². The molecular formula is C21H23N3O2S. The molecule has 2 amide bonds. The Kier molecular flexibility index (Phi) is 4.99. The van der Waals surface area contributed by atoms with Crippen molar-refractivity contribution >= 4 is 33.4 Å². The number of carbonyl (C=O) groups is 2. The highest BCUT2D eigenvalue weighted by Crippen LogP contribution is 2.24. The van der Waals surface area contributed by atoms with Gasteiger partial charge in [0.15, 0.2) is 0 Å². The van der Waals surface area contributed by atoms with E-state index in [4.69, 9.17) is 0 Å². The van der Waals surface area contributed by atoms with E-state index < -0.39 is 0 Å². The van der Waals surface area contributed by atoms with E-state index in [0.717, 1.165) is 15.8 Å². The summed E-state index contributed by atoms with van der Waals surface area (Å²) in [7, 11) is 0. The van der Waals surface area contributed by atoms with Crippen molar-refractivity contribution in [1.29, 1.82) is 0 Å². The Labute approximate surface area is 162 Å². The zero-order valence-electron chi connectivity index (χ0n) is 15.3. The third-order valence-corrected chi connectivity index (χ3v) is 6.19. The van der Waals surface area contributed by atoms with E-state index in [1.165, 1.54) is 5.56 Å². The molecule has 3 heterocycles. The zero-order valence-corrected chi connectivity index (χ0v) is 16.1. The van der Waals surface area contributed by atoms with Gasteiger partial charge in [-0.1, -0.05) is 24.3 Å². The highest BCUT2D eigenvalue weighted by Gasteiger charge is 2.28. The number of piperidine rings is 1. The summed E-state index contributed by atoms with van der Waals surface area (Å²) in [6.45, 7) is 3.85. The van der Waals surface area contributed by atoms with Gasteiger partial charge in [-0.25, -0.2) is 0 Å². The smallest absolute Gasteiger partial charge is 0.270 e. The van der Waals surface area contributed by atoms with Gasteiger partial charge in [-0.3, -0.25) is 9.59 Å². The lowest BCUT2D eigenvalue weighted by Crippen LogP contribution is -2.43. The summed E-state index contributed by atoms with van der Waals surface area (Å²) >= 11 is 1.60. The number of aryl methyl sites for hydroxylation is 1. The molecule has 1 saturated heterocycles. The number of carbonyl (C=O) groups excluding carboxylic acids is 2. The summed E-state index contributed by atoms with van der Waals surface area (Å²) in [6.07, 6.45) is 1.42. The van der Waals surface area contributed by atoms with Crippen molar-refractivity contribution in [3.8, 4) is 0 Å². The molecule has 1 aliphatic heterocycles. The number of H-pyrrole nitrogens is 1. The number of rotatable bonds is 4. The van der Waals surface area contributed by atoms with E-state index in [1.54, 1.807) is 11.3 Å². The molecule has 6 heteroatoms.